The number of anilines is 1. The van der Waals surface area contributed by atoms with Crippen LogP contribution in [0.3, 0.4) is 0 Å². The van der Waals surface area contributed by atoms with Crippen LogP contribution in [0.5, 0.6) is 11.5 Å². The Labute approximate surface area is 274 Å². The van der Waals surface area contributed by atoms with Gasteiger partial charge in [-0.3, -0.25) is 4.79 Å². The van der Waals surface area contributed by atoms with E-state index in [4.69, 9.17) is 18.9 Å². The normalized spacial score (nSPS) is 18.0. The molecule has 5 rings (SSSR count). The lowest BCUT2D eigenvalue weighted by molar-refractivity contribution is -0.173. The highest BCUT2D eigenvalue weighted by Crippen LogP contribution is 2.32. The number of nitrogens with one attached hydrogen (secondary N) is 2. The Morgan fingerprint density at radius 2 is 1.87 bits per heavy atom. The maximum Gasteiger partial charge on any atom is 0.471 e. The van der Waals surface area contributed by atoms with Gasteiger partial charge in [0.25, 0.3) is 0 Å². The van der Waals surface area contributed by atoms with Gasteiger partial charge in [-0.05, 0) is 66.8 Å². The third-order valence-corrected chi connectivity index (χ3v) is 8.64. The van der Waals surface area contributed by atoms with Crippen LogP contribution in [0.2, 0.25) is 0 Å². The van der Waals surface area contributed by atoms with Crippen molar-refractivity contribution in [2.75, 3.05) is 57.9 Å². The molecular formula is C36H44F3N3O5. The number of methoxy groups -OCH3 is 1. The van der Waals surface area contributed by atoms with E-state index in [1.165, 1.54) is 5.56 Å². The van der Waals surface area contributed by atoms with Gasteiger partial charge in [0.1, 0.15) is 11.5 Å². The number of fused-ring (bicyclic) bond motifs is 1. The van der Waals surface area contributed by atoms with Crippen LogP contribution < -0.4 is 25.0 Å². The molecule has 0 unspecified atom stereocenters. The maximum atomic E-state index is 12.6. The highest BCUT2D eigenvalue weighted by atomic mass is 19.4. The molecule has 1 fully saturated rings. The fraction of sp³-hybridized carbons (Fsp3) is 0.472. The smallest absolute Gasteiger partial charge is 0.471 e. The summed E-state index contributed by atoms with van der Waals surface area (Å²) in [5.74, 6) is -0.0221. The monoisotopic (exact) mass is 655 g/mol. The summed E-state index contributed by atoms with van der Waals surface area (Å²) in [5.41, 5.74) is 5.39. The lowest BCUT2D eigenvalue weighted by Crippen LogP contribution is -2.42. The second-order valence-corrected chi connectivity index (χ2v) is 11.9. The van der Waals surface area contributed by atoms with Gasteiger partial charge in [0, 0.05) is 49.8 Å². The minimum atomic E-state index is -4.87. The number of alkyl halides is 3. The van der Waals surface area contributed by atoms with Crippen molar-refractivity contribution in [1.29, 1.82) is 0 Å². The van der Waals surface area contributed by atoms with Crippen LogP contribution in [0.1, 0.15) is 47.4 Å². The quantitative estimate of drug-likeness (QED) is 0.201. The summed E-state index contributed by atoms with van der Waals surface area (Å²) in [4.78, 5) is 13.3. The van der Waals surface area contributed by atoms with Gasteiger partial charge in [-0.2, -0.15) is 13.2 Å². The molecule has 0 aromatic heterocycles. The SMILES string of the molecule is COc1ccccc1COCCCOc1ccc([C@H]2CCNC[C@@H]2OCc2ccc3c(c2)N(CCNC(=O)C(F)(F)F)CCC3)cc1. The molecule has 0 radical (unpaired) electrons. The van der Waals surface area contributed by atoms with Crippen molar-refractivity contribution in [2.45, 2.75) is 57.1 Å². The van der Waals surface area contributed by atoms with Crippen LogP contribution in [-0.2, 0) is 33.9 Å². The van der Waals surface area contributed by atoms with Crippen molar-refractivity contribution < 1.29 is 36.9 Å². The van der Waals surface area contributed by atoms with Gasteiger partial charge in [0.15, 0.2) is 0 Å². The van der Waals surface area contributed by atoms with E-state index in [9.17, 15) is 18.0 Å². The number of amides is 1. The number of rotatable bonds is 15. The number of carbonyl (C=O) groups is 1. The van der Waals surface area contributed by atoms with Gasteiger partial charge in [-0.25, -0.2) is 0 Å². The van der Waals surface area contributed by atoms with E-state index in [0.717, 1.165) is 79.2 Å². The summed E-state index contributed by atoms with van der Waals surface area (Å²) < 4.78 is 61.3. The third kappa shape index (κ3) is 9.85. The van der Waals surface area contributed by atoms with Gasteiger partial charge in [0.2, 0.25) is 0 Å². The summed E-state index contributed by atoms with van der Waals surface area (Å²) in [6.07, 6.45) is -1.34. The Kier molecular flexibility index (Phi) is 12.4. The second-order valence-electron chi connectivity index (χ2n) is 11.9. The first-order valence-corrected chi connectivity index (χ1v) is 16.3. The highest BCUT2D eigenvalue weighted by Gasteiger charge is 2.38. The lowest BCUT2D eigenvalue weighted by atomic mass is 9.87. The molecular weight excluding hydrogens is 611 g/mol. The molecule has 3 aromatic rings. The summed E-state index contributed by atoms with van der Waals surface area (Å²) in [7, 11) is 1.66. The summed E-state index contributed by atoms with van der Waals surface area (Å²) in [6, 6.07) is 22.3. The molecule has 2 aliphatic heterocycles. The molecule has 11 heteroatoms. The fourth-order valence-electron chi connectivity index (χ4n) is 6.18. The first kappa shape index (κ1) is 34.5. The molecule has 2 aliphatic rings. The summed E-state index contributed by atoms with van der Waals surface area (Å²) in [6.45, 7) is 4.70. The van der Waals surface area contributed by atoms with Crippen LogP contribution in [0.25, 0.3) is 0 Å². The second kappa shape index (κ2) is 16.9. The molecule has 1 amide bonds. The number of hydrogen-bond acceptors (Lipinski definition) is 7. The number of para-hydroxylation sites is 1. The van der Waals surface area contributed by atoms with Crippen LogP contribution >= 0.6 is 0 Å². The van der Waals surface area contributed by atoms with Crippen molar-refractivity contribution in [3.05, 3.63) is 89.0 Å². The number of hydrogen-bond donors (Lipinski definition) is 2. The number of ether oxygens (including phenoxy) is 4. The number of aryl methyl sites for hydroxylation is 1. The van der Waals surface area contributed by atoms with Gasteiger partial charge in [-0.1, -0.05) is 42.5 Å². The molecule has 2 atom stereocenters. The minimum absolute atomic E-state index is 0.0133. The van der Waals surface area contributed by atoms with Crippen molar-refractivity contribution in [1.82, 2.24) is 10.6 Å². The Morgan fingerprint density at radius 1 is 1.04 bits per heavy atom. The number of piperidine rings is 1. The Balaban J connectivity index is 1.08. The largest absolute Gasteiger partial charge is 0.496 e. The van der Waals surface area contributed by atoms with E-state index in [1.54, 1.807) is 7.11 Å². The summed E-state index contributed by atoms with van der Waals surface area (Å²) >= 11 is 0. The van der Waals surface area contributed by atoms with E-state index in [2.05, 4.69) is 35.6 Å². The third-order valence-electron chi connectivity index (χ3n) is 8.64. The molecule has 0 spiro atoms. The van der Waals surface area contributed by atoms with Crippen LogP contribution in [0.15, 0.2) is 66.7 Å². The maximum absolute atomic E-state index is 12.6. The zero-order valence-electron chi connectivity index (χ0n) is 26.8. The topological polar surface area (TPSA) is 81.3 Å². The standard InChI is InChI=1S/C36H44F3N3O5/c1-44-33-8-3-2-6-29(33)25-45-20-5-21-46-30-13-11-27(12-14-30)31-15-16-40-23-34(31)47-24-26-9-10-28-7-4-18-42(32(28)22-26)19-17-41-35(43)36(37,38)39/h2-3,6,8-14,22,31,34,40H,4-5,7,15-21,23-25H2,1H3,(H,41,43)/t31-,34+/m1/s1. The van der Waals surface area contributed by atoms with Crippen LogP contribution in [0.4, 0.5) is 18.9 Å². The number of halogens is 3. The molecule has 0 aliphatic carbocycles. The van der Waals surface area contributed by atoms with E-state index >= 15 is 0 Å². The molecule has 0 saturated carbocycles. The molecule has 1 saturated heterocycles. The fourth-order valence-corrected chi connectivity index (χ4v) is 6.18. The van der Waals surface area contributed by atoms with Gasteiger partial charge in [-0.15, -0.1) is 0 Å². The van der Waals surface area contributed by atoms with Crippen LogP contribution in [0, 0.1) is 0 Å². The molecule has 47 heavy (non-hydrogen) atoms. The molecule has 0 bridgehead atoms. The lowest BCUT2D eigenvalue weighted by Gasteiger charge is -2.33. The van der Waals surface area contributed by atoms with Crippen molar-refractivity contribution in [3.63, 3.8) is 0 Å². The van der Waals surface area contributed by atoms with E-state index in [0.29, 0.717) is 33.0 Å². The predicted octanol–water partition coefficient (Wildman–Crippen LogP) is 5.77. The predicted molar refractivity (Wildman–Crippen MR) is 174 cm³/mol. The van der Waals surface area contributed by atoms with Gasteiger partial charge < -0.3 is 34.5 Å². The minimum Gasteiger partial charge on any atom is -0.496 e. The first-order valence-electron chi connectivity index (χ1n) is 16.3. The highest BCUT2D eigenvalue weighted by molar-refractivity contribution is 5.81. The number of carbonyl (C=O) groups excluding carboxylic acids is 1. The Bertz CT molecular complexity index is 1440. The Hall–Kier alpha value is -3.80. The molecule has 2 heterocycles. The van der Waals surface area contributed by atoms with Crippen molar-refractivity contribution in [2.24, 2.45) is 0 Å². The van der Waals surface area contributed by atoms with E-state index in [1.807, 2.05) is 46.6 Å². The van der Waals surface area contributed by atoms with Gasteiger partial charge in [0.05, 0.1) is 39.6 Å². The first-order chi connectivity index (χ1) is 22.8. The van der Waals surface area contributed by atoms with E-state index < -0.39 is 12.1 Å². The van der Waals surface area contributed by atoms with Crippen molar-refractivity contribution >= 4 is 11.6 Å². The van der Waals surface area contributed by atoms with Crippen LogP contribution in [-0.4, -0.2) is 71.2 Å². The zero-order valence-corrected chi connectivity index (χ0v) is 26.8. The summed E-state index contributed by atoms with van der Waals surface area (Å²) in [5, 5.41) is 5.43. The molecule has 254 valence electrons. The Morgan fingerprint density at radius 3 is 2.68 bits per heavy atom. The van der Waals surface area contributed by atoms with Gasteiger partial charge >= 0.3 is 12.1 Å². The molecule has 3 aromatic carbocycles. The molecule has 8 nitrogen and oxygen atoms in total. The average molecular weight is 656 g/mol. The average Bonchev–Trinajstić information content (AvgIpc) is 3.09. The van der Waals surface area contributed by atoms with Crippen molar-refractivity contribution in [3.8, 4) is 11.5 Å². The number of nitrogens with zero attached hydrogens (tertiary/aromatic N) is 1. The number of benzene rings is 3. The molecule has 2 N–H and O–H groups in total. The van der Waals surface area contributed by atoms with E-state index in [-0.39, 0.29) is 18.6 Å². The zero-order chi connectivity index (χ0) is 33.1.